The van der Waals surface area contributed by atoms with Crippen molar-refractivity contribution in [3.8, 4) is 28.7 Å². The van der Waals surface area contributed by atoms with Crippen LogP contribution in [0.25, 0.3) is 114 Å². The molecule has 4 heterocycles. The van der Waals surface area contributed by atoms with Crippen molar-refractivity contribution in [1.82, 2.24) is 19.5 Å². The lowest BCUT2D eigenvalue weighted by molar-refractivity contribution is 0.669. The van der Waals surface area contributed by atoms with Crippen LogP contribution in [0.4, 0.5) is 0 Å². The van der Waals surface area contributed by atoms with Crippen molar-refractivity contribution in [1.29, 1.82) is 0 Å². The van der Waals surface area contributed by atoms with Crippen molar-refractivity contribution < 1.29 is 4.42 Å². The van der Waals surface area contributed by atoms with E-state index in [9.17, 15) is 0 Å². The minimum Gasteiger partial charge on any atom is -0.456 e. The molecule has 0 aliphatic rings. The molecule has 0 atom stereocenters. The van der Waals surface area contributed by atoms with E-state index in [0.29, 0.717) is 17.6 Å². The second kappa shape index (κ2) is 10.8. The summed E-state index contributed by atoms with van der Waals surface area (Å²) >= 11 is 1.85. The largest absolute Gasteiger partial charge is 0.456 e. The van der Waals surface area contributed by atoms with Crippen molar-refractivity contribution in [3.63, 3.8) is 0 Å². The number of fused-ring (bicyclic) bond motifs is 14. The Hall–Kier alpha value is -6.89. The number of aromatic nitrogens is 4. The second-order valence-corrected chi connectivity index (χ2v) is 14.6. The average molecular weight is 695 g/mol. The molecule has 0 saturated heterocycles. The molecule has 246 valence electrons. The summed E-state index contributed by atoms with van der Waals surface area (Å²) < 4.78 is 11.0. The molecule has 0 radical (unpaired) electrons. The summed E-state index contributed by atoms with van der Waals surface area (Å²) in [6, 6.07) is 55.4. The summed E-state index contributed by atoms with van der Waals surface area (Å²) in [6.07, 6.45) is 0. The van der Waals surface area contributed by atoms with Crippen LogP contribution in [0.2, 0.25) is 0 Å². The zero-order valence-electron chi connectivity index (χ0n) is 28.1. The van der Waals surface area contributed by atoms with Crippen LogP contribution < -0.4 is 0 Å². The molecule has 6 heteroatoms. The third kappa shape index (κ3) is 4.15. The molecular formula is C47H26N4OS. The minimum atomic E-state index is 0.584. The fraction of sp³-hybridized carbons (Fsp3) is 0. The molecule has 8 aromatic carbocycles. The summed E-state index contributed by atoms with van der Waals surface area (Å²) in [7, 11) is 0. The van der Waals surface area contributed by atoms with Crippen LogP contribution in [0.3, 0.4) is 0 Å². The van der Waals surface area contributed by atoms with E-state index < -0.39 is 0 Å². The first kappa shape index (κ1) is 28.8. The van der Waals surface area contributed by atoms with Gasteiger partial charge in [0.25, 0.3) is 0 Å². The van der Waals surface area contributed by atoms with Crippen molar-refractivity contribution >= 4 is 96.8 Å². The highest BCUT2D eigenvalue weighted by atomic mass is 32.1. The maximum atomic E-state index is 6.20. The Kier molecular flexibility index (Phi) is 5.87. The lowest BCUT2D eigenvalue weighted by atomic mass is 10.0. The lowest BCUT2D eigenvalue weighted by Gasteiger charge is -2.11. The Balaban J connectivity index is 1.16. The normalized spacial score (nSPS) is 12.2. The molecule has 0 N–H and O–H groups in total. The molecule has 4 aromatic heterocycles. The van der Waals surface area contributed by atoms with E-state index in [4.69, 9.17) is 19.4 Å². The number of nitrogens with zero attached hydrogens (tertiary/aromatic N) is 4. The molecule has 0 bridgehead atoms. The molecule has 5 nitrogen and oxygen atoms in total. The summed E-state index contributed by atoms with van der Waals surface area (Å²) in [6.45, 7) is 0. The average Bonchev–Trinajstić information content (AvgIpc) is 3.90. The number of hydrogen-bond acceptors (Lipinski definition) is 5. The summed E-state index contributed by atoms with van der Waals surface area (Å²) in [5, 5.41) is 11.9. The highest BCUT2D eigenvalue weighted by Crippen LogP contribution is 2.45. The molecule has 0 unspecified atom stereocenters. The first-order chi connectivity index (χ1) is 26.3. The highest BCUT2D eigenvalue weighted by Gasteiger charge is 2.22. The Morgan fingerprint density at radius 2 is 1.11 bits per heavy atom. The number of furan rings is 1. The van der Waals surface area contributed by atoms with Crippen molar-refractivity contribution in [2.45, 2.75) is 0 Å². The summed E-state index contributed by atoms with van der Waals surface area (Å²) in [5.41, 5.74) is 5.76. The fourth-order valence-electron chi connectivity index (χ4n) is 8.26. The summed E-state index contributed by atoms with van der Waals surface area (Å²) in [5.74, 6) is 1.83. The van der Waals surface area contributed by atoms with E-state index in [0.717, 1.165) is 54.9 Å². The lowest BCUT2D eigenvalue weighted by Crippen LogP contribution is -2.06. The zero-order chi connectivity index (χ0) is 34.6. The molecule has 0 amide bonds. The first-order valence-electron chi connectivity index (χ1n) is 17.7. The predicted molar refractivity (Wildman–Crippen MR) is 220 cm³/mol. The van der Waals surface area contributed by atoms with Gasteiger partial charge in [0.2, 0.25) is 5.95 Å². The van der Waals surface area contributed by atoms with Gasteiger partial charge in [-0.1, -0.05) is 121 Å². The maximum absolute atomic E-state index is 6.20. The van der Waals surface area contributed by atoms with Gasteiger partial charge < -0.3 is 4.42 Å². The molecule has 0 aliphatic heterocycles. The molecular weight excluding hydrogens is 669 g/mol. The Labute approximate surface area is 306 Å². The van der Waals surface area contributed by atoms with Gasteiger partial charge in [-0.05, 0) is 57.9 Å². The van der Waals surface area contributed by atoms with E-state index in [1.807, 2.05) is 41.7 Å². The SMILES string of the molecule is c1ccc(-c2nc(-c3ccc4c(ccc5oc6ccccc6c54)c3)nc(-n3c4ccc5ccccc5c4c4c5sc6ccccc6c5ccc43)n2)cc1. The number of rotatable bonds is 3. The standard InChI is InChI=1S/C47H26N4OS/c1-2-11-28(12-3-1)45-48-46(30-18-21-32-29(26-30)20-25-39-41(32)35-15-6-8-16-38(35)52-39)50-47(49-45)51-36-23-19-27-10-4-5-13-31(27)42(36)43-37(51)24-22-34-33-14-7-9-17-40(33)53-44(34)43/h1-26H. The van der Waals surface area contributed by atoms with E-state index >= 15 is 0 Å². The summed E-state index contributed by atoms with van der Waals surface area (Å²) in [4.78, 5) is 15.7. The van der Waals surface area contributed by atoms with Gasteiger partial charge in [0.15, 0.2) is 11.6 Å². The molecule has 0 spiro atoms. The van der Waals surface area contributed by atoms with Gasteiger partial charge in [0.1, 0.15) is 11.2 Å². The van der Waals surface area contributed by atoms with Crippen molar-refractivity contribution in [3.05, 3.63) is 158 Å². The van der Waals surface area contributed by atoms with E-state index in [1.165, 1.54) is 41.7 Å². The van der Waals surface area contributed by atoms with E-state index in [-0.39, 0.29) is 0 Å². The van der Waals surface area contributed by atoms with Gasteiger partial charge in [-0.25, -0.2) is 4.98 Å². The van der Waals surface area contributed by atoms with Gasteiger partial charge in [-0.3, -0.25) is 4.57 Å². The van der Waals surface area contributed by atoms with Gasteiger partial charge in [-0.2, -0.15) is 9.97 Å². The third-order valence-corrected chi connectivity index (χ3v) is 11.8. The fourth-order valence-corrected chi connectivity index (χ4v) is 9.51. The highest BCUT2D eigenvalue weighted by molar-refractivity contribution is 7.26. The van der Waals surface area contributed by atoms with Crippen molar-refractivity contribution in [2.24, 2.45) is 0 Å². The van der Waals surface area contributed by atoms with Crippen molar-refractivity contribution in [2.75, 3.05) is 0 Å². The van der Waals surface area contributed by atoms with E-state index in [2.05, 4.69) is 132 Å². The number of thiophene rings is 1. The van der Waals surface area contributed by atoms with Crippen LogP contribution >= 0.6 is 11.3 Å². The topological polar surface area (TPSA) is 56.7 Å². The Morgan fingerprint density at radius 1 is 0.434 bits per heavy atom. The van der Waals surface area contributed by atoms with E-state index in [1.54, 1.807) is 0 Å². The number of hydrogen-bond donors (Lipinski definition) is 0. The van der Waals surface area contributed by atoms with Crippen LogP contribution in [0.1, 0.15) is 0 Å². The molecule has 12 rings (SSSR count). The van der Waals surface area contributed by atoms with Gasteiger partial charge in [-0.15, -0.1) is 11.3 Å². The van der Waals surface area contributed by atoms with Gasteiger partial charge >= 0.3 is 0 Å². The van der Waals surface area contributed by atoms with Gasteiger partial charge in [0, 0.05) is 52.8 Å². The second-order valence-electron chi connectivity index (χ2n) is 13.6. The number of para-hydroxylation sites is 1. The van der Waals surface area contributed by atoms with Gasteiger partial charge in [0.05, 0.1) is 11.0 Å². The smallest absolute Gasteiger partial charge is 0.238 e. The quantitative estimate of drug-likeness (QED) is 0.185. The van der Waals surface area contributed by atoms with Crippen LogP contribution in [0.15, 0.2) is 162 Å². The van der Waals surface area contributed by atoms with Crippen LogP contribution in [-0.4, -0.2) is 19.5 Å². The Morgan fingerprint density at radius 3 is 2.02 bits per heavy atom. The maximum Gasteiger partial charge on any atom is 0.238 e. The third-order valence-electron chi connectivity index (χ3n) is 10.6. The molecule has 0 aliphatic carbocycles. The van der Waals surface area contributed by atoms with Crippen LogP contribution in [0.5, 0.6) is 0 Å². The predicted octanol–water partition coefficient (Wildman–Crippen LogP) is 12.9. The Bertz CT molecular complexity index is 3470. The molecule has 53 heavy (non-hydrogen) atoms. The minimum absolute atomic E-state index is 0.584. The van der Waals surface area contributed by atoms with Crippen LogP contribution in [-0.2, 0) is 0 Å². The van der Waals surface area contributed by atoms with Crippen LogP contribution in [0, 0.1) is 0 Å². The zero-order valence-corrected chi connectivity index (χ0v) is 28.9. The monoisotopic (exact) mass is 694 g/mol. The molecule has 0 saturated carbocycles. The molecule has 12 aromatic rings. The number of benzene rings is 8. The first-order valence-corrected chi connectivity index (χ1v) is 18.5. The molecule has 0 fully saturated rings.